The van der Waals surface area contributed by atoms with E-state index in [0.29, 0.717) is 34.2 Å². The Labute approximate surface area is 208 Å². The van der Waals surface area contributed by atoms with Gasteiger partial charge in [-0.15, -0.1) is 11.8 Å². The van der Waals surface area contributed by atoms with Crippen LogP contribution in [0.3, 0.4) is 0 Å². The lowest BCUT2D eigenvalue weighted by molar-refractivity contribution is -0.113. The Kier molecular flexibility index (Phi) is 6.55. The van der Waals surface area contributed by atoms with E-state index in [4.69, 9.17) is 14.2 Å². The summed E-state index contributed by atoms with van der Waals surface area (Å²) in [5.41, 5.74) is 1.78. The molecule has 1 heterocycles. The van der Waals surface area contributed by atoms with Crippen LogP contribution in [-0.4, -0.2) is 30.5 Å². The average molecular weight is 491 g/mol. The fourth-order valence-electron chi connectivity index (χ4n) is 4.31. The number of hydrogen-bond acceptors (Lipinski definition) is 6. The molecule has 1 aliphatic carbocycles. The van der Waals surface area contributed by atoms with E-state index in [1.165, 1.54) is 11.8 Å². The first-order valence-corrected chi connectivity index (χ1v) is 12.5. The van der Waals surface area contributed by atoms with Crippen molar-refractivity contribution < 1.29 is 23.8 Å². The summed E-state index contributed by atoms with van der Waals surface area (Å²) >= 11 is 1.31. The van der Waals surface area contributed by atoms with Crippen LogP contribution in [0.4, 0.5) is 11.4 Å². The van der Waals surface area contributed by atoms with Gasteiger partial charge in [0.2, 0.25) is 5.91 Å². The maximum Gasteiger partial charge on any atom is 0.256 e. The molecule has 7 nitrogen and oxygen atoms in total. The van der Waals surface area contributed by atoms with Gasteiger partial charge in [0.1, 0.15) is 5.75 Å². The van der Waals surface area contributed by atoms with Crippen LogP contribution in [0.5, 0.6) is 17.2 Å². The van der Waals surface area contributed by atoms with Crippen LogP contribution in [0.2, 0.25) is 0 Å². The van der Waals surface area contributed by atoms with E-state index in [0.717, 1.165) is 30.6 Å². The lowest BCUT2D eigenvalue weighted by Crippen LogP contribution is -2.34. The van der Waals surface area contributed by atoms with Gasteiger partial charge in [0, 0.05) is 41.2 Å². The topological polar surface area (TPSA) is 85.9 Å². The summed E-state index contributed by atoms with van der Waals surface area (Å²) in [7, 11) is 1.58. The number of carbonyl (C=O) groups excluding carboxylic acids is 2. The van der Waals surface area contributed by atoms with E-state index in [2.05, 4.69) is 10.6 Å². The summed E-state index contributed by atoms with van der Waals surface area (Å²) in [4.78, 5) is 26.3. The standard InChI is InChI=1S/C27H26N2O5S/c1-32-20-8-6-7-18(15-20)28-25(30)17-35-24-10-3-2-9-21(24)26(31)29-19-11-12-22-23(16-19)34-27(33-22)13-4-5-14-27/h2-3,6-12,15-16H,4-5,13-14,17H2,1H3,(H,28,30)(H,29,31). The first-order chi connectivity index (χ1) is 17.0. The van der Waals surface area contributed by atoms with Crippen LogP contribution in [-0.2, 0) is 4.79 Å². The van der Waals surface area contributed by atoms with Gasteiger partial charge in [-0.3, -0.25) is 9.59 Å². The highest BCUT2D eigenvalue weighted by molar-refractivity contribution is 8.00. The lowest BCUT2D eigenvalue weighted by atomic mass is 10.2. The van der Waals surface area contributed by atoms with Gasteiger partial charge >= 0.3 is 0 Å². The Bertz CT molecular complexity index is 1260. The summed E-state index contributed by atoms with van der Waals surface area (Å²) in [5.74, 6) is 1.22. The van der Waals surface area contributed by atoms with Gasteiger partial charge in [-0.1, -0.05) is 18.2 Å². The minimum Gasteiger partial charge on any atom is -0.497 e. The van der Waals surface area contributed by atoms with E-state index < -0.39 is 5.79 Å². The Hall–Kier alpha value is -3.65. The molecule has 0 unspecified atom stereocenters. The van der Waals surface area contributed by atoms with Crippen molar-refractivity contribution in [2.45, 2.75) is 36.4 Å². The number of nitrogens with one attached hydrogen (secondary N) is 2. The Balaban J connectivity index is 1.22. The van der Waals surface area contributed by atoms with Crippen molar-refractivity contribution in [3.8, 4) is 17.2 Å². The molecule has 0 aromatic heterocycles. The van der Waals surface area contributed by atoms with Gasteiger partial charge in [0.05, 0.1) is 18.4 Å². The third kappa shape index (κ3) is 5.22. The quantitative estimate of drug-likeness (QED) is 0.412. The van der Waals surface area contributed by atoms with E-state index in [-0.39, 0.29) is 17.6 Å². The molecule has 0 saturated heterocycles. The molecular weight excluding hydrogens is 464 g/mol. The predicted molar refractivity (Wildman–Crippen MR) is 136 cm³/mol. The van der Waals surface area contributed by atoms with Gasteiger partial charge in [-0.2, -0.15) is 0 Å². The second-order valence-electron chi connectivity index (χ2n) is 8.50. The SMILES string of the molecule is COc1cccc(NC(=O)CSc2ccccc2C(=O)Nc2ccc3c(c2)OC2(CCCC2)O3)c1. The van der Waals surface area contributed by atoms with Crippen molar-refractivity contribution in [3.63, 3.8) is 0 Å². The number of methoxy groups -OCH3 is 1. The number of hydrogen-bond donors (Lipinski definition) is 2. The summed E-state index contributed by atoms with van der Waals surface area (Å²) in [6, 6.07) is 19.9. The molecule has 35 heavy (non-hydrogen) atoms. The van der Waals surface area contributed by atoms with E-state index in [1.807, 2.05) is 36.4 Å². The third-order valence-corrected chi connectivity index (χ3v) is 7.08. The second-order valence-corrected chi connectivity index (χ2v) is 9.52. The fourth-order valence-corrected chi connectivity index (χ4v) is 5.16. The number of rotatable bonds is 7. The molecule has 1 spiro atoms. The molecule has 0 bridgehead atoms. The molecule has 2 aliphatic rings. The van der Waals surface area contributed by atoms with Crippen molar-refractivity contribution in [1.82, 2.24) is 0 Å². The van der Waals surface area contributed by atoms with Crippen LogP contribution in [0.25, 0.3) is 0 Å². The van der Waals surface area contributed by atoms with Gasteiger partial charge in [0.15, 0.2) is 11.5 Å². The second kappa shape index (κ2) is 9.92. The van der Waals surface area contributed by atoms with Crippen molar-refractivity contribution >= 4 is 35.0 Å². The third-order valence-electron chi connectivity index (χ3n) is 6.00. The van der Waals surface area contributed by atoms with E-state index >= 15 is 0 Å². The number of amides is 2. The largest absolute Gasteiger partial charge is 0.497 e. The summed E-state index contributed by atoms with van der Waals surface area (Å²) in [5, 5.41) is 5.80. The molecule has 5 rings (SSSR count). The number of ether oxygens (including phenoxy) is 3. The Morgan fingerprint density at radius 3 is 2.51 bits per heavy atom. The Morgan fingerprint density at radius 2 is 1.69 bits per heavy atom. The first-order valence-electron chi connectivity index (χ1n) is 11.5. The van der Waals surface area contributed by atoms with E-state index in [9.17, 15) is 9.59 Å². The Morgan fingerprint density at radius 1 is 0.914 bits per heavy atom. The number of thioether (sulfide) groups is 1. The fraction of sp³-hybridized carbons (Fsp3) is 0.259. The zero-order valence-electron chi connectivity index (χ0n) is 19.3. The normalized spacial score (nSPS) is 15.1. The molecule has 1 aliphatic heterocycles. The summed E-state index contributed by atoms with van der Waals surface area (Å²) in [6.07, 6.45) is 3.92. The molecule has 2 N–H and O–H groups in total. The molecular formula is C27H26N2O5S. The van der Waals surface area contributed by atoms with Crippen LogP contribution < -0.4 is 24.8 Å². The van der Waals surface area contributed by atoms with Crippen molar-refractivity contribution in [2.75, 3.05) is 23.5 Å². The highest BCUT2D eigenvalue weighted by atomic mass is 32.2. The van der Waals surface area contributed by atoms with Crippen LogP contribution >= 0.6 is 11.8 Å². The van der Waals surface area contributed by atoms with Gasteiger partial charge in [-0.25, -0.2) is 0 Å². The predicted octanol–water partition coefficient (Wildman–Crippen LogP) is 5.72. The molecule has 1 saturated carbocycles. The van der Waals surface area contributed by atoms with Gasteiger partial charge in [0.25, 0.3) is 11.7 Å². The highest BCUT2D eigenvalue weighted by Gasteiger charge is 2.44. The minimum atomic E-state index is -0.542. The van der Waals surface area contributed by atoms with Crippen molar-refractivity contribution in [1.29, 1.82) is 0 Å². The average Bonchev–Trinajstić information content (AvgIpc) is 3.48. The molecule has 3 aromatic rings. The number of carbonyl (C=O) groups is 2. The molecule has 180 valence electrons. The molecule has 3 aromatic carbocycles. The molecule has 0 radical (unpaired) electrons. The van der Waals surface area contributed by atoms with Crippen LogP contribution in [0.15, 0.2) is 71.6 Å². The zero-order chi connectivity index (χ0) is 24.3. The van der Waals surface area contributed by atoms with Crippen LogP contribution in [0.1, 0.15) is 36.0 Å². The molecule has 2 amide bonds. The monoisotopic (exact) mass is 490 g/mol. The van der Waals surface area contributed by atoms with Crippen molar-refractivity contribution in [2.24, 2.45) is 0 Å². The number of benzene rings is 3. The van der Waals surface area contributed by atoms with Gasteiger partial charge < -0.3 is 24.8 Å². The number of anilines is 2. The lowest BCUT2D eigenvalue weighted by Gasteiger charge is -2.21. The smallest absolute Gasteiger partial charge is 0.256 e. The summed E-state index contributed by atoms with van der Waals surface area (Å²) < 4.78 is 17.3. The summed E-state index contributed by atoms with van der Waals surface area (Å²) in [6.45, 7) is 0. The maximum atomic E-state index is 13.1. The van der Waals surface area contributed by atoms with Crippen molar-refractivity contribution in [3.05, 3.63) is 72.3 Å². The van der Waals surface area contributed by atoms with Gasteiger partial charge in [-0.05, 0) is 49.2 Å². The zero-order valence-corrected chi connectivity index (χ0v) is 20.2. The molecule has 1 fully saturated rings. The molecule has 8 heteroatoms. The molecule has 0 atom stereocenters. The van der Waals surface area contributed by atoms with Crippen LogP contribution in [0, 0.1) is 0 Å². The maximum absolute atomic E-state index is 13.1. The minimum absolute atomic E-state index is 0.160. The first kappa shape index (κ1) is 23.1. The highest BCUT2D eigenvalue weighted by Crippen LogP contribution is 2.47. The van der Waals surface area contributed by atoms with E-state index in [1.54, 1.807) is 37.4 Å². The number of fused-ring (bicyclic) bond motifs is 1.